The van der Waals surface area contributed by atoms with Crippen molar-refractivity contribution < 1.29 is 22.3 Å². The number of anilines is 2. The van der Waals surface area contributed by atoms with Gasteiger partial charge in [-0.2, -0.15) is 0 Å². The van der Waals surface area contributed by atoms with Gasteiger partial charge in [-0.05, 0) is 47.2 Å². The van der Waals surface area contributed by atoms with Gasteiger partial charge < -0.3 is 15.0 Å². The first-order valence-electron chi connectivity index (χ1n) is 10.6. The second kappa shape index (κ2) is 8.37. The summed E-state index contributed by atoms with van der Waals surface area (Å²) in [5, 5.41) is 3.45. The van der Waals surface area contributed by atoms with Crippen LogP contribution in [0.5, 0.6) is 0 Å². The zero-order valence-corrected chi connectivity index (χ0v) is 19.3. The smallest absolute Gasteiger partial charge is 0.267 e. The molecule has 2 heterocycles. The predicted octanol–water partition coefficient (Wildman–Crippen LogP) is 3.19. The van der Waals surface area contributed by atoms with E-state index in [1.54, 1.807) is 0 Å². The van der Waals surface area contributed by atoms with Crippen LogP contribution in [0.4, 0.5) is 15.8 Å². The van der Waals surface area contributed by atoms with E-state index in [0.29, 0.717) is 18.9 Å². The molecular weight excluding hydrogens is 433 g/mol. The maximum absolute atomic E-state index is 14.7. The summed E-state index contributed by atoms with van der Waals surface area (Å²) in [5.74, 6) is -1.73. The summed E-state index contributed by atoms with van der Waals surface area (Å²) in [7, 11) is -3.80. The zero-order valence-electron chi connectivity index (χ0n) is 18.4. The largest absolute Gasteiger partial charge is 0.378 e. The molecule has 1 amide bonds. The molecule has 1 atom stereocenters. The molecule has 2 aliphatic rings. The molecule has 2 N–H and O–H groups in total. The van der Waals surface area contributed by atoms with E-state index < -0.39 is 21.7 Å². The lowest BCUT2D eigenvalue weighted by molar-refractivity contribution is 0.0977. The van der Waals surface area contributed by atoms with Gasteiger partial charge in [0, 0.05) is 24.5 Å². The summed E-state index contributed by atoms with van der Waals surface area (Å²) >= 11 is 0. The molecule has 1 fully saturated rings. The molecule has 7 nitrogen and oxygen atoms in total. The lowest BCUT2D eigenvalue weighted by atomic mass is 9.73. The molecule has 0 radical (unpaired) electrons. The monoisotopic (exact) mass is 461 g/mol. The fourth-order valence-electron chi connectivity index (χ4n) is 4.47. The minimum absolute atomic E-state index is 0.0465. The van der Waals surface area contributed by atoms with Crippen molar-refractivity contribution in [3.8, 4) is 0 Å². The van der Waals surface area contributed by atoms with Gasteiger partial charge in [0.15, 0.2) is 0 Å². The molecular formula is C23H28FN3O4S. The Morgan fingerprint density at radius 3 is 2.62 bits per heavy atom. The highest BCUT2D eigenvalue weighted by Gasteiger charge is 2.35. The number of carbonyl (C=O) groups excluding carboxylic acids is 1. The summed E-state index contributed by atoms with van der Waals surface area (Å²) in [5.41, 5.74) is 2.95. The van der Waals surface area contributed by atoms with Crippen LogP contribution < -0.4 is 14.9 Å². The summed E-state index contributed by atoms with van der Waals surface area (Å²) in [4.78, 5) is 14.6. The van der Waals surface area contributed by atoms with Gasteiger partial charge in [-0.1, -0.05) is 26.0 Å². The van der Waals surface area contributed by atoms with Gasteiger partial charge in [-0.3, -0.25) is 4.79 Å². The molecule has 1 saturated heterocycles. The van der Waals surface area contributed by atoms with Crippen molar-refractivity contribution in [2.24, 2.45) is 0 Å². The van der Waals surface area contributed by atoms with E-state index in [1.165, 1.54) is 12.1 Å². The summed E-state index contributed by atoms with van der Waals surface area (Å²) in [6, 6.07) is 11.0. The van der Waals surface area contributed by atoms with Crippen LogP contribution in [0.25, 0.3) is 0 Å². The van der Waals surface area contributed by atoms with Gasteiger partial charge in [-0.25, -0.2) is 17.5 Å². The van der Waals surface area contributed by atoms with Crippen LogP contribution in [0.2, 0.25) is 0 Å². The third kappa shape index (κ3) is 4.73. The number of carbonyl (C=O) groups is 1. The molecule has 2 aromatic carbocycles. The highest BCUT2D eigenvalue weighted by atomic mass is 32.2. The fraction of sp³-hybridized carbons (Fsp3) is 0.435. The first-order chi connectivity index (χ1) is 15.0. The normalized spacial score (nSPS) is 20.2. The molecule has 4 rings (SSSR count). The maximum Gasteiger partial charge on any atom is 0.267 e. The third-order valence-corrected chi connectivity index (χ3v) is 6.61. The summed E-state index contributed by atoms with van der Waals surface area (Å²) in [6.07, 6.45) is 1.60. The first-order valence-corrected chi connectivity index (χ1v) is 12.5. The van der Waals surface area contributed by atoms with E-state index in [1.807, 2.05) is 24.6 Å². The highest BCUT2D eigenvalue weighted by molar-refractivity contribution is 7.89. The van der Waals surface area contributed by atoms with E-state index >= 15 is 0 Å². The fourth-order valence-corrected chi connectivity index (χ4v) is 4.92. The van der Waals surface area contributed by atoms with Gasteiger partial charge in [-0.15, -0.1) is 0 Å². The third-order valence-electron chi connectivity index (χ3n) is 6.05. The Morgan fingerprint density at radius 1 is 1.22 bits per heavy atom. The van der Waals surface area contributed by atoms with Crippen molar-refractivity contribution in [3.63, 3.8) is 0 Å². The Labute approximate surface area is 188 Å². The molecule has 1 unspecified atom stereocenters. The van der Waals surface area contributed by atoms with Crippen LogP contribution in [0, 0.1) is 5.82 Å². The molecule has 9 heteroatoms. The molecule has 2 aliphatic heterocycles. The van der Waals surface area contributed by atoms with E-state index in [2.05, 4.69) is 28.4 Å². The number of hydrogen-bond acceptors (Lipinski definition) is 6. The van der Waals surface area contributed by atoms with Crippen molar-refractivity contribution in [2.45, 2.75) is 31.7 Å². The van der Waals surface area contributed by atoms with Crippen molar-refractivity contribution in [1.82, 2.24) is 4.72 Å². The van der Waals surface area contributed by atoms with Crippen LogP contribution in [-0.2, 0) is 20.2 Å². The number of fused-ring (bicyclic) bond motifs is 1. The van der Waals surface area contributed by atoms with Gasteiger partial charge in [0.25, 0.3) is 5.91 Å². The van der Waals surface area contributed by atoms with Crippen LogP contribution in [0.15, 0.2) is 36.4 Å². The minimum atomic E-state index is -3.80. The first kappa shape index (κ1) is 22.5. The van der Waals surface area contributed by atoms with E-state index in [0.717, 1.165) is 42.6 Å². The molecule has 0 bridgehead atoms. The SMILES string of the molecule is CC1(C)CC(c2cccc(N3CCOCC3)c2)Nc2cc(C(=O)NS(C)(=O)=O)c(F)cc21. The molecule has 0 aliphatic carbocycles. The molecule has 2 aromatic rings. The van der Waals surface area contributed by atoms with Crippen molar-refractivity contribution in [1.29, 1.82) is 0 Å². The maximum atomic E-state index is 14.7. The Morgan fingerprint density at radius 2 is 1.94 bits per heavy atom. The van der Waals surface area contributed by atoms with Crippen LogP contribution in [0.1, 0.15) is 47.8 Å². The molecule has 32 heavy (non-hydrogen) atoms. The lowest BCUT2D eigenvalue weighted by Gasteiger charge is -2.39. The topological polar surface area (TPSA) is 87.7 Å². The molecule has 0 aromatic heterocycles. The number of ether oxygens (including phenoxy) is 1. The predicted molar refractivity (Wildman–Crippen MR) is 122 cm³/mol. The molecule has 172 valence electrons. The second-order valence-corrected chi connectivity index (χ2v) is 10.8. The summed E-state index contributed by atoms with van der Waals surface area (Å²) < 4.78 is 44.9. The Bertz CT molecular complexity index is 1140. The van der Waals surface area contributed by atoms with Crippen LogP contribution in [0.3, 0.4) is 0 Å². The van der Waals surface area contributed by atoms with Crippen molar-refractivity contribution in [2.75, 3.05) is 42.8 Å². The van der Waals surface area contributed by atoms with Gasteiger partial charge >= 0.3 is 0 Å². The Kier molecular flexibility index (Phi) is 5.89. The second-order valence-electron chi connectivity index (χ2n) is 9.06. The number of morpholine rings is 1. The zero-order chi connectivity index (χ0) is 23.1. The number of halogens is 1. The number of amides is 1. The van der Waals surface area contributed by atoms with Crippen molar-refractivity contribution in [3.05, 3.63) is 58.9 Å². The average Bonchev–Trinajstić information content (AvgIpc) is 2.73. The number of hydrogen-bond donors (Lipinski definition) is 2. The molecule has 0 spiro atoms. The van der Waals surface area contributed by atoms with Crippen LogP contribution >= 0.6 is 0 Å². The number of sulfonamides is 1. The highest BCUT2D eigenvalue weighted by Crippen LogP contribution is 2.45. The van der Waals surface area contributed by atoms with Gasteiger partial charge in [0.2, 0.25) is 10.0 Å². The number of nitrogens with one attached hydrogen (secondary N) is 2. The number of rotatable bonds is 4. The quantitative estimate of drug-likeness (QED) is 0.727. The minimum Gasteiger partial charge on any atom is -0.378 e. The Balaban J connectivity index is 1.66. The van der Waals surface area contributed by atoms with Crippen molar-refractivity contribution >= 4 is 27.3 Å². The molecule has 0 saturated carbocycles. The standard InChI is InChI=1S/C23H28FN3O4S/c1-23(2)14-21(15-5-4-6-16(11-15)27-7-9-31-10-8-27)25-20-12-17(19(24)13-18(20)23)22(28)26-32(3,29)30/h4-6,11-13,21,25H,7-10,14H2,1-3H3,(H,26,28). The van der Waals surface area contributed by atoms with E-state index in [-0.39, 0.29) is 17.0 Å². The lowest BCUT2D eigenvalue weighted by Crippen LogP contribution is -2.36. The summed E-state index contributed by atoms with van der Waals surface area (Å²) in [6.45, 7) is 7.18. The van der Waals surface area contributed by atoms with E-state index in [9.17, 15) is 17.6 Å². The number of nitrogens with zero attached hydrogens (tertiary/aromatic N) is 1. The van der Waals surface area contributed by atoms with E-state index in [4.69, 9.17) is 4.74 Å². The Hall–Kier alpha value is -2.65. The van der Waals surface area contributed by atoms with Gasteiger partial charge in [0.1, 0.15) is 5.82 Å². The van der Waals surface area contributed by atoms with Crippen LogP contribution in [-0.4, -0.2) is 46.9 Å². The number of benzene rings is 2. The van der Waals surface area contributed by atoms with Gasteiger partial charge in [0.05, 0.1) is 31.1 Å². The average molecular weight is 462 g/mol.